The van der Waals surface area contributed by atoms with Crippen molar-refractivity contribution < 1.29 is 27.4 Å². The average molecular weight is 358 g/mol. The van der Waals surface area contributed by atoms with Gasteiger partial charge in [0.2, 0.25) is 0 Å². The van der Waals surface area contributed by atoms with E-state index in [1.54, 1.807) is 18.2 Å². The number of carbonyl (C=O) groups is 1. The Kier molecular flexibility index (Phi) is 5.73. The summed E-state index contributed by atoms with van der Waals surface area (Å²) < 4.78 is 48.6. The molecule has 0 aliphatic heterocycles. The maximum atomic E-state index is 12.4. The maximum Gasteiger partial charge on any atom is 0.435 e. The lowest BCUT2D eigenvalue weighted by atomic mass is 10.2. The summed E-state index contributed by atoms with van der Waals surface area (Å²) in [6.45, 7) is 0.201. The first-order valence-electron chi connectivity index (χ1n) is 7.21. The van der Waals surface area contributed by atoms with Crippen LogP contribution in [0.1, 0.15) is 5.69 Å². The Balaban J connectivity index is 1.86. The molecule has 2 amide bonds. The van der Waals surface area contributed by atoms with Crippen molar-refractivity contribution in [2.24, 2.45) is 0 Å². The molecule has 1 aromatic carbocycles. The van der Waals surface area contributed by atoms with Crippen LogP contribution in [-0.2, 0) is 12.7 Å². The fourth-order valence-corrected chi connectivity index (χ4v) is 1.99. The van der Waals surface area contributed by atoms with Crippen molar-refractivity contribution in [2.75, 3.05) is 26.1 Å². The molecule has 136 valence electrons. The van der Waals surface area contributed by atoms with Gasteiger partial charge in [-0.1, -0.05) is 0 Å². The number of aromatic nitrogens is 2. The van der Waals surface area contributed by atoms with Gasteiger partial charge in [0, 0.05) is 18.8 Å². The van der Waals surface area contributed by atoms with Gasteiger partial charge in [-0.05, 0) is 18.2 Å². The van der Waals surface area contributed by atoms with Crippen LogP contribution in [0.4, 0.5) is 23.7 Å². The molecule has 25 heavy (non-hydrogen) atoms. The van der Waals surface area contributed by atoms with Gasteiger partial charge >= 0.3 is 12.2 Å². The summed E-state index contributed by atoms with van der Waals surface area (Å²) in [4.78, 5) is 11.9. The van der Waals surface area contributed by atoms with E-state index < -0.39 is 17.9 Å². The van der Waals surface area contributed by atoms with Crippen molar-refractivity contribution in [3.63, 3.8) is 0 Å². The van der Waals surface area contributed by atoms with E-state index in [2.05, 4.69) is 15.7 Å². The van der Waals surface area contributed by atoms with E-state index in [9.17, 15) is 18.0 Å². The molecule has 0 saturated heterocycles. The molecule has 0 radical (unpaired) electrons. The number of halogens is 3. The van der Waals surface area contributed by atoms with Crippen molar-refractivity contribution in [3.05, 3.63) is 36.2 Å². The molecule has 0 saturated carbocycles. The summed E-state index contributed by atoms with van der Waals surface area (Å²) in [6, 6.07) is 5.23. The van der Waals surface area contributed by atoms with Crippen LogP contribution in [0.5, 0.6) is 11.5 Å². The van der Waals surface area contributed by atoms with Crippen LogP contribution in [-0.4, -0.2) is 36.6 Å². The first kappa shape index (κ1) is 18.4. The third-order valence-corrected chi connectivity index (χ3v) is 3.21. The number of hydrogen-bond acceptors (Lipinski definition) is 4. The largest absolute Gasteiger partial charge is 0.497 e. The van der Waals surface area contributed by atoms with E-state index >= 15 is 0 Å². The van der Waals surface area contributed by atoms with Gasteiger partial charge < -0.3 is 20.1 Å². The van der Waals surface area contributed by atoms with Crippen LogP contribution in [0.15, 0.2) is 30.5 Å². The lowest BCUT2D eigenvalue weighted by Gasteiger charge is -2.12. The molecule has 2 N–H and O–H groups in total. The zero-order valence-electron chi connectivity index (χ0n) is 13.6. The van der Waals surface area contributed by atoms with Gasteiger partial charge in [-0.3, -0.25) is 4.68 Å². The topological polar surface area (TPSA) is 77.4 Å². The number of amides is 2. The fraction of sp³-hybridized carbons (Fsp3) is 0.333. The first-order valence-corrected chi connectivity index (χ1v) is 7.21. The molecule has 7 nitrogen and oxygen atoms in total. The first-order chi connectivity index (χ1) is 11.8. The van der Waals surface area contributed by atoms with Gasteiger partial charge in [-0.15, -0.1) is 0 Å². The molecule has 0 atom stereocenters. The number of urea groups is 1. The molecule has 1 aromatic heterocycles. The number of hydrogen-bond donors (Lipinski definition) is 2. The van der Waals surface area contributed by atoms with Gasteiger partial charge in [0.25, 0.3) is 0 Å². The van der Waals surface area contributed by atoms with E-state index in [1.807, 2.05) is 0 Å². The van der Waals surface area contributed by atoms with Crippen LogP contribution in [0.3, 0.4) is 0 Å². The molecule has 0 unspecified atom stereocenters. The van der Waals surface area contributed by atoms with Gasteiger partial charge in [0.15, 0.2) is 5.69 Å². The minimum atomic E-state index is -4.49. The maximum absolute atomic E-state index is 12.4. The second-order valence-corrected chi connectivity index (χ2v) is 4.91. The molecule has 0 aliphatic carbocycles. The number of benzene rings is 1. The summed E-state index contributed by atoms with van der Waals surface area (Å²) in [6.07, 6.45) is -3.28. The molecule has 0 fully saturated rings. The highest BCUT2D eigenvalue weighted by Crippen LogP contribution is 2.29. The number of nitrogens with zero attached hydrogens (tertiary/aromatic N) is 2. The molecule has 2 aromatic rings. The third-order valence-electron chi connectivity index (χ3n) is 3.21. The van der Waals surface area contributed by atoms with Crippen LogP contribution in [0.2, 0.25) is 0 Å². The van der Waals surface area contributed by atoms with Gasteiger partial charge in [-0.2, -0.15) is 18.3 Å². The Morgan fingerprint density at radius 2 is 2.00 bits per heavy atom. The predicted molar refractivity (Wildman–Crippen MR) is 83.8 cm³/mol. The van der Waals surface area contributed by atoms with Crippen LogP contribution < -0.4 is 20.1 Å². The molecule has 0 bridgehead atoms. The van der Waals surface area contributed by atoms with Gasteiger partial charge in [-0.25, -0.2) is 4.79 Å². The SMILES string of the molecule is COc1ccc(NC(=O)NCCn2ccc(C(F)(F)F)n2)c(OC)c1. The molecule has 0 spiro atoms. The van der Waals surface area contributed by atoms with Crippen molar-refractivity contribution >= 4 is 11.7 Å². The number of ether oxygens (including phenoxy) is 2. The number of rotatable bonds is 6. The van der Waals surface area contributed by atoms with Crippen molar-refractivity contribution in [1.29, 1.82) is 0 Å². The number of anilines is 1. The highest BCUT2D eigenvalue weighted by molar-refractivity contribution is 5.91. The van der Waals surface area contributed by atoms with Gasteiger partial charge in [0.05, 0.1) is 26.5 Å². The third kappa shape index (κ3) is 5.03. The van der Waals surface area contributed by atoms with Crippen LogP contribution >= 0.6 is 0 Å². The Bertz CT molecular complexity index is 731. The zero-order valence-corrected chi connectivity index (χ0v) is 13.6. The summed E-state index contributed by atoms with van der Waals surface area (Å²) in [5, 5.41) is 8.51. The number of nitrogens with one attached hydrogen (secondary N) is 2. The standard InChI is InChI=1S/C15H17F3N4O3/c1-24-10-3-4-11(12(9-10)25-2)20-14(23)19-6-8-22-7-5-13(21-22)15(16,17)18/h3-5,7,9H,6,8H2,1-2H3,(H2,19,20,23). The highest BCUT2D eigenvalue weighted by atomic mass is 19.4. The van der Waals surface area contributed by atoms with E-state index in [0.717, 1.165) is 10.7 Å². The molecular formula is C15H17F3N4O3. The van der Waals surface area contributed by atoms with Crippen molar-refractivity contribution in [3.8, 4) is 11.5 Å². The van der Waals surface area contributed by atoms with Crippen molar-refractivity contribution in [2.45, 2.75) is 12.7 Å². The Morgan fingerprint density at radius 1 is 1.24 bits per heavy atom. The Morgan fingerprint density at radius 3 is 2.60 bits per heavy atom. The lowest BCUT2D eigenvalue weighted by molar-refractivity contribution is -0.141. The Labute approximate surface area is 141 Å². The van der Waals surface area contributed by atoms with Gasteiger partial charge in [0.1, 0.15) is 11.5 Å². The van der Waals surface area contributed by atoms with Crippen LogP contribution in [0.25, 0.3) is 0 Å². The second kappa shape index (κ2) is 7.77. The quantitative estimate of drug-likeness (QED) is 0.832. The predicted octanol–water partition coefficient (Wildman–Crippen LogP) is 2.74. The molecule has 1 heterocycles. The van der Waals surface area contributed by atoms with E-state index in [-0.39, 0.29) is 13.1 Å². The molecule has 10 heteroatoms. The summed E-state index contributed by atoms with van der Waals surface area (Å²) in [5.41, 5.74) is -0.542. The minimum absolute atomic E-state index is 0.100. The smallest absolute Gasteiger partial charge is 0.435 e. The number of methoxy groups -OCH3 is 2. The molecule has 0 aliphatic rings. The summed E-state index contributed by atoms with van der Waals surface area (Å²) >= 11 is 0. The van der Waals surface area contributed by atoms with E-state index in [0.29, 0.717) is 17.2 Å². The summed E-state index contributed by atoms with van der Waals surface area (Å²) in [7, 11) is 2.96. The van der Waals surface area contributed by atoms with E-state index in [1.165, 1.54) is 20.4 Å². The average Bonchev–Trinajstić information content (AvgIpc) is 3.04. The monoisotopic (exact) mass is 358 g/mol. The molecular weight excluding hydrogens is 341 g/mol. The van der Waals surface area contributed by atoms with E-state index in [4.69, 9.17) is 9.47 Å². The highest BCUT2D eigenvalue weighted by Gasteiger charge is 2.33. The fourth-order valence-electron chi connectivity index (χ4n) is 1.99. The van der Waals surface area contributed by atoms with Crippen molar-refractivity contribution in [1.82, 2.24) is 15.1 Å². The second-order valence-electron chi connectivity index (χ2n) is 4.91. The number of carbonyl (C=O) groups excluding carboxylic acids is 1. The normalized spacial score (nSPS) is 11.1. The minimum Gasteiger partial charge on any atom is -0.497 e. The Hall–Kier alpha value is -2.91. The van der Waals surface area contributed by atoms with Crippen LogP contribution in [0, 0.1) is 0 Å². The number of alkyl halides is 3. The summed E-state index contributed by atoms with van der Waals surface area (Å²) in [5.74, 6) is 0.985. The lowest BCUT2D eigenvalue weighted by Crippen LogP contribution is -2.31. The zero-order chi connectivity index (χ0) is 18.4. The molecule has 2 rings (SSSR count).